The summed E-state index contributed by atoms with van der Waals surface area (Å²) in [5.74, 6) is 1.61. The largest absolute Gasteiger partial charge is 0.367 e. The molecule has 0 atom stereocenters. The maximum atomic E-state index is 6.44. The van der Waals surface area contributed by atoms with Gasteiger partial charge in [0.05, 0.1) is 10.7 Å². The van der Waals surface area contributed by atoms with E-state index in [2.05, 4.69) is 20.6 Å². The van der Waals surface area contributed by atoms with Crippen molar-refractivity contribution in [1.82, 2.24) is 15.0 Å². The Morgan fingerprint density at radius 1 is 1.03 bits per heavy atom. The van der Waals surface area contributed by atoms with Crippen molar-refractivity contribution in [3.63, 3.8) is 0 Å². The second kappa shape index (κ2) is 9.20. The lowest BCUT2D eigenvalue weighted by Crippen LogP contribution is -2.33. The van der Waals surface area contributed by atoms with E-state index in [1.165, 1.54) is 0 Å². The summed E-state index contributed by atoms with van der Waals surface area (Å²) in [5.41, 5.74) is 8.78. The van der Waals surface area contributed by atoms with Crippen LogP contribution in [0.2, 0.25) is 5.02 Å². The van der Waals surface area contributed by atoms with E-state index in [9.17, 15) is 0 Å². The van der Waals surface area contributed by atoms with Crippen LogP contribution >= 0.6 is 11.6 Å². The Kier molecular flexibility index (Phi) is 6.22. The molecule has 0 amide bonds. The predicted molar refractivity (Wildman–Crippen MR) is 118 cm³/mol. The summed E-state index contributed by atoms with van der Waals surface area (Å²) >= 11 is 6.44. The summed E-state index contributed by atoms with van der Waals surface area (Å²) in [7, 11) is 0. The van der Waals surface area contributed by atoms with Crippen molar-refractivity contribution in [1.29, 1.82) is 0 Å². The van der Waals surface area contributed by atoms with E-state index >= 15 is 0 Å². The molecule has 29 heavy (non-hydrogen) atoms. The molecule has 6 nitrogen and oxygen atoms in total. The topological polar surface area (TPSA) is 88.8 Å². The van der Waals surface area contributed by atoms with Crippen LogP contribution in [-0.2, 0) is 6.54 Å². The van der Waals surface area contributed by atoms with Crippen LogP contribution in [0.25, 0.3) is 11.3 Å². The second-order valence-corrected chi connectivity index (χ2v) is 7.84. The molecule has 1 fully saturated rings. The fourth-order valence-electron chi connectivity index (χ4n) is 3.57. The fraction of sp³-hybridized carbons (Fsp3) is 0.318. The molecule has 1 aliphatic rings. The molecule has 3 aromatic rings. The van der Waals surface area contributed by atoms with Gasteiger partial charge < -0.3 is 16.4 Å². The van der Waals surface area contributed by atoms with Crippen LogP contribution in [0.4, 0.5) is 11.6 Å². The fourth-order valence-corrected chi connectivity index (χ4v) is 3.77. The third-order valence-electron chi connectivity index (χ3n) is 5.20. The molecule has 0 unspecified atom stereocenters. The monoisotopic (exact) mass is 408 g/mol. The van der Waals surface area contributed by atoms with Gasteiger partial charge >= 0.3 is 0 Å². The van der Waals surface area contributed by atoms with Crippen LogP contribution in [0.3, 0.4) is 0 Å². The van der Waals surface area contributed by atoms with Gasteiger partial charge in [0.15, 0.2) is 0 Å². The number of nitrogens with one attached hydrogen (secondary N) is 2. The lowest BCUT2D eigenvalue weighted by molar-refractivity contribution is 0.410. The molecule has 0 bridgehead atoms. The molecule has 1 aliphatic carbocycles. The third kappa shape index (κ3) is 5.22. The van der Waals surface area contributed by atoms with Crippen molar-refractivity contribution < 1.29 is 0 Å². The number of pyridine rings is 3. The summed E-state index contributed by atoms with van der Waals surface area (Å²) in [6, 6.07) is 12.5. The molecule has 0 aliphatic heterocycles. The molecule has 0 saturated heterocycles. The Hall–Kier alpha value is -2.70. The van der Waals surface area contributed by atoms with E-state index in [0.29, 0.717) is 23.7 Å². The van der Waals surface area contributed by atoms with Crippen molar-refractivity contribution in [3.05, 3.63) is 65.6 Å². The molecule has 1 saturated carbocycles. The number of halogens is 1. The number of nitrogens with two attached hydrogens (primary N) is 1. The molecule has 0 spiro atoms. The van der Waals surface area contributed by atoms with Crippen molar-refractivity contribution >= 4 is 23.2 Å². The zero-order valence-electron chi connectivity index (χ0n) is 16.2. The first-order valence-electron chi connectivity index (χ1n) is 9.95. The van der Waals surface area contributed by atoms with Crippen molar-refractivity contribution in [2.45, 2.75) is 44.3 Å². The van der Waals surface area contributed by atoms with Gasteiger partial charge in [-0.3, -0.25) is 4.98 Å². The Balaban J connectivity index is 1.48. The number of aromatic nitrogens is 3. The standard InChI is InChI=1S/C22H25ClN6/c23-19-14-27-22(28-17-8-6-16(24)7-9-17)11-18(19)20-4-1-5-21(29-20)26-13-15-3-2-10-25-12-15/h1-5,10-12,14,16-17H,6-9,13,24H2,(H,26,29)(H,27,28)/t16-,17-. The lowest BCUT2D eigenvalue weighted by Gasteiger charge is -2.27. The van der Waals surface area contributed by atoms with Crippen LogP contribution in [-0.4, -0.2) is 27.0 Å². The van der Waals surface area contributed by atoms with Crippen LogP contribution in [0.5, 0.6) is 0 Å². The minimum absolute atomic E-state index is 0.327. The number of hydrogen-bond acceptors (Lipinski definition) is 6. The minimum atomic E-state index is 0.327. The third-order valence-corrected chi connectivity index (χ3v) is 5.50. The van der Waals surface area contributed by atoms with Crippen LogP contribution < -0.4 is 16.4 Å². The molecule has 0 radical (unpaired) electrons. The van der Waals surface area contributed by atoms with E-state index in [1.54, 1.807) is 12.4 Å². The average Bonchev–Trinajstić information content (AvgIpc) is 2.76. The van der Waals surface area contributed by atoms with Crippen molar-refractivity contribution in [3.8, 4) is 11.3 Å². The van der Waals surface area contributed by atoms with Crippen molar-refractivity contribution in [2.24, 2.45) is 5.73 Å². The Morgan fingerprint density at radius 3 is 2.69 bits per heavy atom. The highest BCUT2D eigenvalue weighted by Crippen LogP contribution is 2.30. The van der Waals surface area contributed by atoms with Gasteiger partial charge in [0.2, 0.25) is 0 Å². The molecule has 150 valence electrons. The molecule has 4 N–H and O–H groups in total. The Bertz CT molecular complexity index is 941. The molecule has 7 heteroatoms. The molecular weight excluding hydrogens is 384 g/mol. The van der Waals surface area contributed by atoms with E-state index in [-0.39, 0.29) is 0 Å². The normalized spacial score (nSPS) is 19.0. The SMILES string of the molecule is N[C@H]1CC[C@H](Nc2cc(-c3cccc(NCc4cccnc4)n3)c(Cl)cn2)CC1. The summed E-state index contributed by atoms with van der Waals surface area (Å²) < 4.78 is 0. The number of rotatable bonds is 6. The second-order valence-electron chi connectivity index (χ2n) is 7.43. The van der Waals surface area contributed by atoms with Crippen LogP contribution in [0.1, 0.15) is 31.2 Å². The first-order chi connectivity index (χ1) is 14.2. The first kappa shape index (κ1) is 19.6. The van der Waals surface area contributed by atoms with E-state index < -0.39 is 0 Å². The van der Waals surface area contributed by atoms with E-state index in [4.69, 9.17) is 22.3 Å². The molecule has 4 rings (SSSR count). The molecule has 3 aromatic heterocycles. The average molecular weight is 409 g/mol. The zero-order chi connectivity index (χ0) is 20.1. The van der Waals surface area contributed by atoms with Gasteiger partial charge in [0, 0.05) is 42.8 Å². The van der Waals surface area contributed by atoms with Crippen LogP contribution in [0, 0.1) is 0 Å². The summed E-state index contributed by atoms with van der Waals surface area (Å²) in [4.78, 5) is 13.3. The van der Waals surface area contributed by atoms with Crippen molar-refractivity contribution in [2.75, 3.05) is 10.6 Å². The van der Waals surface area contributed by atoms with E-state index in [0.717, 1.165) is 54.1 Å². The minimum Gasteiger partial charge on any atom is -0.367 e. The molecule has 3 heterocycles. The molecule has 0 aromatic carbocycles. The summed E-state index contributed by atoms with van der Waals surface area (Å²) in [6.45, 7) is 0.658. The van der Waals surface area contributed by atoms with Crippen LogP contribution in [0.15, 0.2) is 55.0 Å². The van der Waals surface area contributed by atoms with Gasteiger partial charge in [0.25, 0.3) is 0 Å². The van der Waals surface area contributed by atoms with Gasteiger partial charge in [-0.1, -0.05) is 23.7 Å². The van der Waals surface area contributed by atoms with Gasteiger partial charge in [-0.05, 0) is 55.5 Å². The van der Waals surface area contributed by atoms with Gasteiger partial charge in [-0.2, -0.15) is 0 Å². The Labute approximate surface area is 175 Å². The quantitative estimate of drug-likeness (QED) is 0.557. The zero-order valence-corrected chi connectivity index (χ0v) is 16.9. The highest BCUT2D eigenvalue weighted by Gasteiger charge is 2.19. The summed E-state index contributed by atoms with van der Waals surface area (Å²) in [6.07, 6.45) is 9.51. The first-order valence-corrected chi connectivity index (χ1v) is 10.3. The molecular formula is C22H25ClN6. The maximum absolute atomic E-state index is 6.44. The highest BCUT2D eigenvalue weighted by atomic mass is 35.5. The number of hydrogen-bond donors (Lipinski definition) is 3. The maximum Gasteiger partial charge on any atom is 0.126 e. The predicted octanol–water partition coefficient (Wildman–Crippen LogP) is 4.49. The van der Waals surface area contributed by atoms with Gasteiger partial charge in [-0.15, -0.1) is 0 Å². The number of anilines is 2. The van der Waals surface area contributed by atoms with E-state index in [1.807, 2.05) is 42.6 Å². The number of nitrogens with zero attached hydrogens (tertiary/aromatic N) is 3. The lowest BCUT2D eigenvalue weighted by atomic mass is 9.92. The summed E-state index contributed by atoms with van der Waals surface area (Å²) in [5, 5.41) is 7.44. The smallest absolute Gasteiger partial charge is 0.126 e. The van der Waals surface area contributed by atoms with Gasteiger partial charge in [-0.25, -0.2) is 9.97 Å². The highest BCUT2D eigenvalue weighted by molar-refractivity contribution is 6.33. The Morgan fingerprint density at radius 2 is 1.90 bits per heavy atom. The van der Waals surface area contributed by atoms with Gasteiger partial charge in [0.1, 0.15) is 11.6 Å².